The molecule has 0 spiro atoms. The number of aliphatic hydroxyl groups excluding tert-OH is 1. The highest BCUT2D eigenvalue weighted by Gasteiger charge is 2.31. The molecule has 0 bridgehead atoms. The molecule has 2 rings (SSSR count). The van der Waals surface area contributed by atoms with E-state index in [1.807, 2.05) is 30.3 Å². The largest absolute Gasteiger partial charge is 0.416 e. The van der Waals surface area contributed by atoms with Crippen LogP contribution in [-0.4, -0.2) is 11.7 Å². The summed E-state index contributed by atoms with van der Waals surface area (Å²) >= 11 is 0. The highest BCUT2D eigenvalue weighted by molar-refractivity contribution is 5.27. The van der Waals surface area contributed by atoms with E-state index in [2.05, 4.69) is 5.32 Å². The number of benzene rings is 2. The minimum absolute atomic E-state index is 0.0568. The van der Waals surface area contributed by atoms with Crippen molar-refractivity contribution in [2.75, 3.05) is 6.61 Å². The lowest BCUT2D eigenvalue weighted by molar-refractivity contribution is -0.137. The van der Waals surface area contributed by atoms with Crippen molar-refractivity contribution < 1.29 is 22.7 Å². The van der Waals surface area contributed by atoms with Crippen LogP contribution in [0.3, 0.4) is 0 Å². The summed E-state index contributed by atoms with van der Waals surface area (Å²) in [5, 5.41) is 12.1. The molecule has 0 amide bonds. The Morgan fingerprint density at radius 1 is 1.04 bits per heavy atom. The number of aliphatic hydroxyl groups is 1. The van der Waals surface area contributed by atoms with E-state index in [1.54, 1.807) is 0 Å². The van der Waals surface area contributed by atoms with Crippen molar-refractivity contribution in [3.05, 3.63) is 71.0 Å². The quantitative estimate of drug-likeness (QED) is 0.784. The first-order chi connectivity index (χ1) is 10.9. The SMILES string of the molecule is OCC[C@@H](NCc1cc(C(F)(F)F)ccc1F)c1ccccc1. The summed E-state index contributed by atoms with van der Waals surface area (Å²) in [6.07, 6.45) is -4.13. The molecule has 0 radical (unpaired) electrons. The average molecular weight is 327 g/mol. The second kappa shape index (κ2) is 7.57. The van der Waals surface area contributed by atoms with Crippen molar-refractivity contribution in [2.24, 2.45) is 0 Å². The van der Waals surface area contributed by atoms with Gasteiger partial charge in [0.15, 0.2) is 0 Å². The molecule has 0 saturated carbocycles. The molecule has 2 N–H and O–H groups in total. The van der Waals surface area contributed by atoms with E-state index in [4.69, 9.17) is 5.11 Å². The lowest BCUT2D eigenvalue weighted by Gasteiger charge is -2.19. The molecule has 0 aliphatic heterocycles. The maximum absolute atomic E-state index is 13.7. The van der Waals surface area contributed by atoms with Crippen LogP contribution in [0.1, 0.15) is 29.2 Å². The second-order valence-corrected chi connectivity index (χ2v) is 5.16. The molecule has 2 aromatic carbocycles. The van der Waals surface area contributed by atoms with E-state index >= 15 is 0 Å². The standard InChI is InChI=1S/C17H17F4NO/c18-15-7-6-14(17(19,20)21)10-13(15)11-22-16(8-9-23)12-4-2-1-3-5-12/h1-7,10,16,22-23H,8-9,11H2/t16-/m1/s1. The fourth-order valence-corrected chi connectivity index (χ4v) is 2.32. The Morgan fingerprint density at radius 2 is 1.74 bits per heavy atom. The fraction of sp³-hybridized carbons (Fsp3) is 0.294. The van der Waals surface area contributed by atoms with Crippen molar-refractivity contribution in [1.29, 1.82) is 0 Å². The minimum atomic E-state index is -4.51. The molecule has 6 heteroatoms. The minimum Gasteiger partial charge on any atom is -0.396 e. The van der Waals surface area contributed by atoms with E-state index in [9.17, 15) is 17.6 Å². The Morgan fingerprint density at radius 3 is 2.35 bits per heavy atom. The molecule has 0 aliphatic rings. The smallest absolute Gasteiger partial charge is 0.396 e. The number of halogens is 4. The third kappa shape index (κ3) is 4.77. The van der Waals surface area contributed by atoms with Gasteiger partial charge < -0.3 is 10.4 Å². The Labute approximate surface area is 131 Å². The molecule has 0 heterocycles. The number of alkyl halides is 3. The summed E-state index contributed by atoms with van der Waals surface area (Å²) in [4.78, 5) is 0. The zero-order valence-corrected chi connectivity index (χ0v) is 12.3. The van der Waals surface area contributed by atoms with Crippen molar-refractivity contribution >= 4 is 0 Å². The second-order valence-electron chi connectivity index (χ2n) is 5.16. The predicted molar refractivity (Wildman–Crippen MR) is 79.1 cm³/mol. The Bertz CT molecular complexity index is 628. The normalized spacial score (nSPS) is 13.1. The molecule has 0 unspecified atom stereocenters. The van der Waals surface area contributed by atoms with Gasteiger partial charge in [0.2, 0.25) is 0 Å². The molecule has 0 fully saturated rings. The van der Waals surface area contributed by atoms with Gasteiger partial charge in [0.1, 0.15) is 5.82 Å². The number of hydrogen-bond donors (Lipinski definition) is 2. The van der Waals surface area contributed by atoms with E-state index < -0.39 is 17.6 Å². The number of nitrogens with one attached hydrogen (secondary N) is 1. The lowest BCUT2D eigenvalue weighted by atomic mass is 10.0. The van der Waals surface area contributed by atoms with Crippen LogP contribution in [0.4, 0.5) is 17.6 Å². The van der Waals surface area contributed by atoms with Gasteiger partial charge in [0.05, 0.1) is 5.56 Å². The molecular formula is C17H17F4NO. The van der Waals surface area contributed by atoms with Crippen molar-refractivity contribution in [1.82, 2.24) is 5.32 Å². The maximum Gasteiger partial charge on any atom is 0.416 e. The molecular weight excluding hydrogens is 310 g/mol. The summed E-state index contributed by atoms with van der Waals surface area (Å²) in [6, 6.07) is 11.3. The van der Waals surface area contributed by atoms with Crippen LogP contribution < -0.4 is 5.32 Å². The van der Waals surface area contributed by atoms with Gasteiger partial charge in [0.25, 0.3) is 0 Å². The first-order valence-electron chi connectivity index (χ1n) is 7.16. The topological polar surface area (TPSA) is 32.3 Å². The molecule has 0 saturated heterocycles. The molecule has 0 aliphatic carbocycles. The Balaban J connectivity index is 2.15. The highest BCUT2D eigenvalue weighted by Crippen LogP contribution is 2.30. The summed E-state index contributed by atoms with van der Waals surface area (Å²) < 4.78 is 51.9. The lowest BCUT2D eigenvalue weighted by Crippen LogP contribution is -2.23. The molecule has 2 nitrogen and oxygen atoms in total. The van der Waals surface area contributed by atoms with Gasteiger partial charge in [-0.05, 0) is 30.2 Å². The van der Waals surface area contributed by atoms with Crippen LogP contribution in [0.25, 0.3) is 0 Å². The first kappa shape index (κ1) is 17.4. The van der Waals surface area contributed by atoms with E-state index in [0.717, 1.165) is 23.8 Å². The summed E-state index contributed by atoms with van der Waals surface area (Å²) in [6.45, 7) is -0.146. The van der Waals surface area contributed by atoms with Crippen LogP contribution >= 0.6 is 0 Å². The Kier molecular flexibility index (Phi) is 5.74. The average Bonchev–Trinajstić information content (AvgIpc) is 2.52. The Hall–Kier alpha value is -1.92. The highest BCUT2D eigenvalue weighted by atomic mass is 19.4. The van der Waals surface area contributed by atoms with Crippen LogP contribution in [0.2, 0.25) is 0 Å². The van der Waals surface area contributed by atoms with Gasteiger partial charge in [-0.3, -0.25) is 0 Å². The van der Waals surface area contributed by atoms with Gasteiger partial charge >= 0.3 is 6.18 Å². The number of rotatable bonds is 6. The monoisotopic (exact) mass is 327 g/mol. The summed E-state index contributed by atoms with van der Waals surface area (Å²) in [7, 11) is 0. The zero-order chi connectivity index (χ0) is 16.9. The van der Waals surface area contributed by atoms with Crippen molar-refractivity contribution in [3.8, 4) is 0 Å². The van der Waals surface area contributed by atoms with Gasteiger partial charge in [-0.1, -0.05) is 30.3 Å². The van der Waals surface area contributed by atoms with Crippen molar-refractivity contribution in [3.63, 3.8) is 0 Å². The van der Waals surface area contributed by atoms with Crippen LogP contribution in [0.15, 0.2) is 48.5 Å². The van der Waals surface area contributed by atoms with Crippen LogP contribution in [0.5, 0.6) is 0 Å². The predicted octanol–water partition coefficient (Wildman–Crippen LogP) is 4.06. The third-order valence-electron chi connectivity index (χ3n) is 3.53. The first-order valence-corrected chi connectivity index (χ1v) is 7.16. The van der Waals surface area contributed by atoms with Crippen molar-refractivity contribution in [2.45, 2.75) is 25.2 Å². The van der Waals surface area contributed by atoms with Gasteiger partial charge in [0, 0.05) is 24.8 Å². The molecule has 2 aromatic rings. The van der Waals surface area contributed by atoms with Crippen LogP contribution in [0, 0.1) is 5.82 Å². The summed E-state index contributed by atoms with van der Waals surface area (Å²) in [5.74, 6) is -0.693. The van der Waals surface area contributed by atoms with Gasteiger partial charge in [-0.25, -0.2) is 4.39 Å². The zero-order valence-electron chi connectivity index (χ0n) is 12.3. The van der Waals surface area contributed by atoms with E-state index in [1.165, 1.54) is 0 Å². The van der Waals surface area contributed by atoms with Gasteiger partial charge in [-0.2, -0.15) is 13.2 Å². The molecule has 23 heavy (non-hydrogen) atoms. The van der Waals surface area contributed by atoms with E-state index in [0.29, 0.717) is 6.42 Å². The van der Waals surface area contributed by atoms with Gasteiger partial charge in [-0.15, -0.1) is 0 Å². The van der Waals surface area contributed by atoms with E-state index in [-0.39, 0.29) is 24.8 Å². The third-order valence-corrected chi connectivity index (χ3v) is 3.53. The summed E-state index contributed by atoms with van der Waals surface area (Å²) in [5.41, 5.74) is -0.0539. The molecule has 124 valence electrons. The fourth-order valence-electron chi connectivity index (χ4n) is 2.32. The molecule has 0 aromatic heterocycles. The van der Waals surface area contributed by atoms with Crippen LogP contribution in [-0.2, 0) is 12.7 Å². The maximum atomic E-state index is 13.7. The molecule has 1 atom stereocenters. The number of hydrogen-bond acceptors (Lipinski definition) is 2.